The van der Waals surface area contributed by atoms with Crippen LogP contribution in [0.1, 0.15) is 27.5 Å². The Morgan fingerprint density at radius 2 is 2.00 bits per heavy atom. The van der Waals surface area contributed by atoms with Gasteiger partial charge in [-0.15, -0.1) is 0 Å². The van der Waals surface area contributed by atoms with Crippen LogP contribution in [-0.4, -0.2) is 40.1 Å². The molecule has 0 fully saturated rings. The summed E-state index contributed by atoms with van der Waals surface area (Å²) in [4.78, 5) is 26.5. The van der Waals surface area contributed by atoms with Gasteiger partial charge >= 0.3 is 0 Å². The molecule has 0 bridgehead atoms. The van der Waals surface area contributed by atoms with Crippen LogP contribution in [0.3, 0.4) is 0 Å². The highest BCUT2D eigenvalue weighted by Crippen LogP contribution is 2.28. The van der Waals surface area contributed by atoms with Gasteiger partial charge in [-0.05, 0) is 12.1 Å². The lowest BCUT2D eigenvalue weighted by molar-refractivity contribution is -0.122. The zero-order chi connectivity index (χ0) is 15.7. The Hall–Kier alpha value is -2.63. The number of likely N-dealkylation sites (N-methyl/N-ethyl adjacent to an activating group) is 1. The molecule has 1 aromatic carbocycles. The van der Waals surface area contributed by atoms with Gasteiger partial charge in [0.05, 0.1) is 11.6 Å². The van der Waals surface area contributed by atoms with Gasteiger partial charge in [0.15, 0.2) is 0 Å². The molecule has 0 spiro atoms. The summed E-state index contributed by atoms with van der Waals surface area (Å²) in [5.74, 6) is -0.614. The fourth-order valence-corrected chi connectivity index (χ4v) is 2.85. The topological polar surface area (TPSA) is 67.2 Å². The fraction of sp³-hybridized carbons (Fsp3) is 0.312. The van der Waals surface area contributed by atoms with E-state index in [1.54, 1.807) is 28.8 Å². The van der Waals surface area contributed by atoms with Crippen LogP contribution in [0.15, 0.2) is 36.5 Å². The lowest BCUT2D eigenvalue weighted by atomic mass is 9.95. The summed E-state index contributed by atoms with van der Waals surface area (Å²) in [6.07, 6.45) is 1.87. The predicted molar refractivity (Wildman–Crippen MR) is 81.2 cm³/mol. The zero-order valence-electron chi connectivity index (χ0n) is 12.6. The minimum absolute atomic E-state index is 0.0657. The van der Waals surface area contributed by atoms with Gasteiger partial charge in [-0.1, -0.05) is 18.2 Å². The summed E-state index contributed by atoms with van der Waals surface area (Å²) in [6.45, 7) is 0.821. The molecule has 6 heteroatoms. The molecule has 1 aliphatic rings. The SMILES string of the molecule is CNC(=O)[C@H]1CN(C(=O)c2ccccc2)Cc2cn(C)nc21. The normalized spacial score (nSPS) is 17.0. The van der Waals surface area contributed by atoms with Gasteiger partial charge in [-0.2, -0.15) is 5.10 Å². The monoisotopic (exact) mass is 298 g/mol. The molecule has 0 saturated carbocycles. The molecule has 0 radical (unpaired) electrons. The first-order chi connectivity index (χ1) is 10.6. The van der Waals surface area contributed by atoms with Crippen molar-refractivity contribution >= 4 is 11.8 Å². The Labute approximate surface area is 128 Å². The molecule has 2 heterocycles. The Kier molecular flexibility index (Phi) is 3.66. The third-order valence-corrected chi connectivity index (χ3v) is 3.90. The molecule has 1 atom stereocenters. The van der Waals surface area contributed by atoms with Gasteiger partial charge in [-0.25, -0.2) is 0 Å². The van der Waals surface area contributed by atoms with Crippen molar-refractivity contribution in [1.82, 2.24) is 20.0 Å². The summed E-state index contributed by atoms with van der Waals surface area (Å²) in [6, 6.07) is 9.12. The van der Waals surface area contributed by atoms with Crippen LogP contribution >= 0.6 is 0 Å². The summed E-state index contributed by atoms with van der Waals surface area (Å²) in [5, 5.41) is 7.04. The van der Waals surface area contributed by atoms with Crippen molar-refractivity contribution in [3.8, 4) is 0 Å². The van der Waals surface area contributed by atoms with E-state index in [2.05, 4.69) is 10.4 Å². The quantitative estimate of drug-likeness (QED) is 0.896. The second kappa shape index (κ2) is 5.63. The third-order valence-electron chi connectivity index (χ3n) is 3.90. The van der Waals surface area contributed by atoms with Crippen LogP contribution < -0.4 is 5.32 Å². The Bertz CT molecular complexity index is 708. The number of amides is 2. The second-order valence-corrected chi connectivity index (χ2v) is 5.43. The van der Waals surface area contributed by atoms with Crippen LogP contribution in [-0.2, 0) is 18.4 Å². The molecule has 0 unspecified atom stereocenters. The molecule has 22 heavy (non-hydrogen) atoms. The summed E-state index contributed by atoms with van der Waals surface area (Å²) >= 11 is 0. The molecule has 2 aromatic rings. The van der Waals surface area contributed by atoms with E-state index in [9.17, 15) is 9.59 Å². The minimum Gasteiger partial charge on any atom is -0.359 e. The summed E-state index contributed by atoms with van der Waals surface area (Å²) in [5.41, 5.74) is 2.32. The van der Waals surface area contributed by atoms with Crippen molar-refractivity contribution in [2.24, 2.45) is 7.05 Å². The van der Waals surface area contributed by atoms with Crippen molar-refractivity contribution in [3.05, 3.63) is 53.3 Å². The average molecular weight is 298 g/mol. The van der Waals surface area contributed by atoms with E-state index in [1.165, 1.54) is 0 Å². The number of benzene rings is 1. The number of hydrogen-bond acceptors (Lipinski definition) is 3. The minimum atomic E-state index is -0.428. The highest BCUT2D eigenvalue weighted by atomic mass is 16.2. The van der Waals surface area contributed by atoms with Crippen LogP contribution in [0.2, 0.25) is 0 Å². The third kappa shape index (κ3) is 2.47. The van der Waals surface area contributed by atoms with Gasteiger partial charge in [0.2, 0.25) is 5.91 Å². The first-order valence-corrected chi connectivity index (χ1v) is 7.18. The number of aromatic nitrogens is 2. The maximum absolute atomic E-state index is 12.6. The number of hydrogen-bond donors (Lipinski definition) is 1. The van der Waals surface area contributed by atoms with Gasteiger partial charge in [0.1, 0.15) is 0 Å². The van der Waals surface area contributed by atoms with E-state index >= 15 is 0 Å². The standard InChI is InChI=1S/C16H18N4O2/c1-17-15(21)13-10-20(9-12-8-19(2)18-14(12)13)16(22)11-6-4-3-5-7-11/h3-8,13H,9-10H2,1-2H3,(H,17,21)/t13-/m0/s1. The summed E-state index contributed by atoms with van der Waals surface area (Å²) < 4.78 is 1.69. The lowest BCUT2D eigenvalue weighted by Crippen LogP contribution is -2.43. The van der Waals surface area contributed by atoms with Crippen molar-refractivity contribution in [2.45, 2.75) is 12.5 Å². The predicted octanol–water partition coefficient (Wildman–Crippen LogP) is 0.906. The van der Waals surface area contributed by atoms with E-state index < -0.39 is 5.92 Å². The van der Waals surface area contributed by atoms with E-state index in [-0.39, 0.29) is 11.8 Å². The maximum atomic E-state index is 12.6. The number of carbonyl (C=O) groups is 2. The molecule has 1 N–H and O–H groups in total. The molecule has 1 aliphatic heterocycles. The van der Waals surface area contributed by atoms with E-state index in [0.717, 1.165) is 11.3 Å². The number of rotatable bonds is 2. The molecule has 0 aliphatic carbocycles. The number of nitrogens with zero attached hydrogens (tertiary/aromatic N) is 3. The molecule has 1 aromatic heterocycles. The van der Waals surface area contributed by atoms with Crippen LogP contribution in [0.4, 0.5) is 0 Å². The Morgan fingerprint density at radius 1 is 1.27 bits per heavy atom. The molecule has 114 valence electrons. The van der Waals surface area contributed by atoms with Crippen molar-refractivity contribution in [3.63, 3.8) is 0 Å². The number of fused-ring (bicyclic) bond motifs is 1. The highest BCUT2D eigenvalue weighted by molar-refractivity contribution is 5.95. The highest BCUT2D eigenvalue weighted by Gasteiger charge is 2.34. The molecule has 3 rings (SSSR count). The second-order valence-electron chi connectivity index (χ2n) is 5.43. The zero-order valence-corrected chi connectivity index (χ0v) is 12.6. The Balaban J connectivity index is 1.93. The maximum Gasteiger partial charge on any atom is 0.254 e. The van der Waals surface area contributed by atoms with E-state index in [4.69, 9.17) is 0 Å². The van der Waals surface area contributed by atoms with Crippen molar-refractivity contribution in [2.75, 3.05) is 13.6 Å². The smallest absolute Gasteiger partial charge is 0.254 e. The number of nitrogens with one attached hydrogen (secondary N) is 1. The lowest BCUT2D eigenvalue weighted by Gasteiger charge is -2.31. The number of carbonyl (C=O) groups excluding carboxylic acids is 2. The van der Waals surface area contributed by atoms with E-state index in [1.807, 2.05) is 31.4 Å². The first kappa shape index (κ1) is 14.3. The number of aryl methyl sites for hydroxylation is 1. The van der Waals surface area contributed by atoms with Crippen LogP contribution in [0.5, 0.6) is 0 Å². The largest absolute Gasteiger partial charge is 0.359 e. The van der Waals surface area contributed by atoms with Crippen LogP contribution in [0, 0.1) is 0 Å². The molecule has 2 amide bonds. The van der Waals surface area contributed by atoms with Crippen LogP contribution in [0.25, 0.3) is 0 Å². The fourth-order valence-electron chi connectivity index (χ4n) is 2.85. The summed E-state index contributed by atoms with van der Waals surface area (Å²) in [7, 11) is 3.42. The van der Waals surface area contributed by atoms with Crippen molar-refractivity contribution in [1.29, 1.82) is 0 Å². The first-order valence-electron chi connectivity index (χ1n) is 7.18. The van der Waals surface area contributed by atoms with Gasteiger partial charge in [-0.3, -0.25) is 14.3 Å². The van der Waals surface area contributed by atoms with Gasteiger partial charge in [0, 0.05) is 44.5 Å². The molecular weight excluding hydrogens is 280 g/mol. The molecule has 6 nitrogen and oxygen atoms in total. The molecular formula is C16H18N4O2. The van der Waals surface area contributed by atoms with Gasteiger partial charge in [0.25, 0.3) is 5.91 Å². The molecule has 0 saturated heterocycles. The Morgan fingerprint density at radius 3 is 2.68 bits per heavy atom. The van der Waals surface area contributed by atoms with Gasteiger partial charge < -0.3 is 10.2 Å². The van der Waals surface area contributed by atoms with Crippen molar-refractivity contribution < 1.29 is 9.59 Å². The van der Waals surface area contributed by atoms with E-state index in [0.29, 0.717) is 18.7 Å². The average Bonchev–Trinajstić information content (AvgIpc) is 2.93.